The van der Waals surface area contributed by atoms with Crippen molar-refractivity contribution in [1.82, 2.24) is 9.88 Å². The van der Waals surface area contributed by atoms with Gasteiger partial charge in [-0.05, 0) is 5.53 Å². The van der Waals surface area contributed by atoms with Crippen molar-refractivity contribution in [2.45, 2.75) is 12.3 Å². The number of carbonyl (C=O) groups excluding carboxylic acids is 1. The van der Waals surface area contributed by atoms with E-state index in [0.29, 0.717) is 32.3 Å². The molecule has 1 unspecified atom stereocenters. The molecule has 0 radical (unpaired) electrons. The van der Waals surface area contributed by atoms with Crippen molar-refractivity contribution in [2.24, 2.45) is 5.11 Å². The number of morpholine rings is 1. The molecule has 3 rings (SSSR count). The Hall–Kier alpha value is -2.42. The number of rotatable bonds is 4. The zero-order valence-electron chi connectivity index (χ0n) is 12.6. The maximum atomic E-state index is 12.9. The second-order valence-corrected chi connectivity index (χ2v) is 5.37. The normalized spacial score (nSPS) is 23.3. The van der Waals surface area contributed by atoms with Crippen LogP contribution in [-0.2, 0) is 16.1 Å². The van der Waals surface area contributed by atoms with Crippen LogP contribution in [0.1, 0.15) is 0 Å². The number of ether oxygens (including phenoxy) is 1. The largest absolute Gasteiger partial charge is 0.396 e. The van der Waals surface area contributed by atoms with Crippen LogP contribution in [-0.4, -0.2) is 66.0 Å². The first kappa shape index (κ1) is 15.5. The van der Waals surface area contributed by atoms with E-state index in [-0.39, 0.29) is 25.5 Å². The maximum Gasteiger partial charge on any atom is 0.396 e. The Morgan fingerprint density at radius 3 is 3.09 bits per heavy atom. The predicted octanol–water partition coefficient (Wildman–Crippen LogP) is -0.953. The molecule has 0 bridgehead atoms. The fourth-order valence-electron chi connectivity index (χ4n) is 2.91. The van der Waals surface area contributed by atoms with Gasteiger partial charge in [-0.2, -0.15) is 0 Å². The molecule has 10 nitrogen and oxygen atoms in total. The number of hydrogen-bond acceptors (Lipinski definition) is 6. The lowest BCUT2D eigenvalue weighted by atomic mass is 10.1. The van der Waals surface area contributed by atoms with E-state index < -0.39 is 5.72 Å². The van der Waals surface area contributed by atoms with Crippen LogP contribution in [0.5, 0.6) is 0 Å². The molecular formula is C13H18N7O3+. The lowest BCUT2D eigenvalue weighted by Gasteiger charge is -2.34. The number of azide groups is 1. The standard InChI is InChI=1S/C13H18N7O3/c14-17-16-3-5-20-12-15-2-1-4-19(12)10-13(20,22)11(21)18-6-8-23-9-7-18/h1-2,4,22H,3,5-10H2/q+1. The second-order valence-electron chi connectivity index (χ2n) is 5.37. The van der Waals surface area contributed by atoms with Crippen LogP contribution in [0.15, 0.2) is 23.6 Å². The molecule has 122 valence electrons. The highest BCUT2D eigenvalue weighted by molar-refractivity contribution is 5.88. The van der Waals surface area contributed by atoms with Gasteiger partial charge in [-0.1, -0.05) is 10.1 Å². The van der Waals surface area contributed by atoms with Crippen molar-refractivity contribution < 1.29 is 19.2 Å². The quantitative estimate of drug-likeness (QED) is 0.332. The highest BCUT2D eigenvalue weighted by Gasteiger charge is 2.57. The van der Waals surface area contributed by atoms with E-state index in [1.165, 1.54) is 4.90 Å². The van der Waals surface area contributed by atoms with Gasteiger partial charge in [0.25, 0.3) is 11.6 Å². The van der Waals surface area contributed by atoms with E-state index in [1.54, 1.807) is 27.9 Å². The molecule has 23 heavy (non-hydrogen) atoms. The summed E-state index contributed by atoms with van der Waals surface area (Å²) in [5.41, 5.74) is 6.71. The number of hydrogen-bond donors (Lipinski definition) is 1. The average molecular weight is 320 g/mol. The van der Waals surface area contributed by atoms with Crippen LogP contribution >= 0.6 is 0 Å². The second kappa shape index (κ2) is 6.37. The SMILES string of the molecule is [N-]=[N+]=NCCN1c2nccc[n+]2CC1(O)C(=O)N1CCOCC1. The Morgan fingerprint density at radius 1 is 1.57 bits per heavy atom. The van der Waals surface area contributed by atoms with Crippen molar-refractivity contribution in [3.8, 4) is 0 Å². The molecule has 1 saturated heterocycles. The summed E-state index contributed by atoms with van der Waals surface area (Å²) in [6, 6.07) is 1.74. The summed E-state index contributed by atoms with van der Waals surface area (Å²) in [7, 11) is 0. The Balaban J connectivity index is 1.88. The smallest absolute Gasteiger partial charge is 0.378 e. The monoisotopic (exact) mass is 320 g/mol. The van der Waals surface area contributed by atoms with Crippen LogP contribution in [0, 0.1) is 0 Å². The van der Waals surface area contributed by atoms with E-state index in [0.717, 1.165) is 0 Å². The molecule has 0 aliphatic carbocycles. The van der Waals surface area contributed by atoms with E-state index in [9.17, 15) is 9.90 Å². The van der Waals surface area contributed by atoms with Crippen LogP contribution in [0.3, 0.4) is 0 Å². The molecule has 3 heterocycles. The molecule has 0 spiro atoms. The maximum absolute atomic E-state index is 12.9. The van der Waals surface area contributed by atoms with E-state index in [1.807, 2.05) is 0 Å². The first-order valence-corrected chi connectivity index (χ1v) is 7.39. The van der Waals surface area contributed by atoms with Gasteiger partial charge in [0.15, 0.2) is 0 Å². The molecule has 1 aromatic heterocycles. The van der Waals surface area contributed by atoms with Crippen molar-refractivity contribution >= 4 is 11.9 Å². The third-order valence-corrected chi connectivity index (χ3v) is 4.01. The lowest BCUT2D eigenvalue weighted by molar-refractivity contribution is -0.682. The number of nitrogens with zero attached hydrogens (tertiary/aromatic N) is 7. The number of fused-ring (bicyclic) bond motifs is 1. The number of amides is 1. The summed E-state index contributed by atoms with van der Waals surface area (Å²) < 4.78 is 6.97. The van der Waals surface area contributed by atoms with Crippen molar-refractivity contribution in [3.63, 3.8) is 0 Å². The summed E-state index contributed by atoms with van der Waals surface area (Å²) in [5.74, 6) is 0.0944. The molecule has 10 heteroatoms. The summed E-state index contributed by atoms with van der Waals surface area (Å²) in [5, 5.41) is 14.6. The third kappa shape index (κ3) is 2.79. The summed E-state index contributed by atoms with van der Waals surface area (Å²) in [6.07, 6.45) is 3.35. The van der Waals surface area contributed by atoms with Crippen LogP contribution in [0.4, 0.5) is 5.95 Å². The molecule has 1 atom stereocenters. The van der Waals surface area contributed by atoms with Gasteiger partial charge in [0, 0.05) is 24.1 Å². The van der Waals surface area contributed by atoms with Crippen LogP contribution in [0.2, 0.25) is 0 Å². The first-order valence-electron chi connectivity index (χ1n) is 7.39. The summed E-state index contributed by atoms with van der Waals surface area (Å²) >= 11 is 0. The number of carbonyl (C=O) groups is 1. The molecule has 0 saturated carbocycles. The molecule has 2 aliphatic heterocycles. The van der Waals surface area contributed by atoms with Crippen molar-refractivity contribution in [2.75, 3.05) is 44.3 Å². The fraction of sp³-hybridized carbons (Fsp3) is 0.615. The molecule has 0 aromatic carbocycles. The Morgan fingerprint density at radius 2 is 2.35 bits per heavy atom. The zero-order valence-corrected chi connectivity index (χ0v) is 12.6. The number of aromatic nitrogens is 2. The summed E-state index contributed by atoms with van der Waals surface area (Å²) in [6.45, 7) is 2.22. The van der Waals surface area contributed by atoms with E-state index >= 15 is 0 Å². The van der Waals surface area contributed by atoms with Crippen LogP contribution < -0.4 is 9.47 Å². The minimum atomic E-state index is -1.73. The van der Waals surface area contributed by atoms with Crippen molar-refractivity contribution in [3.05, 3.63) is 28.9 Å². The lowest BCUT2D eigenvalue weighted by Crippen LogP contribution is -2.62. The van der Waals surface area contributed by atoms with Gasteiger partial charge in [-0.15, -0.1) is 0 Å². The number of anilines is 1. The van der Waals surface area contributed by atoms with Gasteiger partial charge in [0.05, 0.1) is 32.5 Å². The Labute approximate surface area is 132 Å². The molecule has 1 N–H and O–H groups in total. The van der Waals surface area contributed by atoms with Gasteiger partial charge in [0.1, 0.15) is 12.7 Å². The Bertz CT molecular complexity index is 642. The predicted molar refractivity (Wildman–Crippen MR) is 78.1 cm³/mol. The minimum Gasteiger partial charge on any atom is -0.378 e. The zero-order chi connectivity index (χ0) is 16.3. The molecule has 2 aliphatic rings. The molecular weight excluding hydrogens is 302 g/mol. The molecule has 1 fully saturated rings. The van der Waals surface area contributed by atoms with Crippen molar-refractivity contribution in [1.29, 1.82) is 0 Å². The third-order valence-electron chi connectivity index (χ3n) is 4.01. The van der Waals surface area contributed by atoms with Gasteiger partial charge in [-0.3, -0.25) is 4.79 Å². The topological polar surface area (TPSA) is 119 Å². The van der Waals surface area contributed by atoms with Crippen LogP contribution in [0.25, 0.3) is 10.4 Å². The highest BCUT2D eigenvalue weighted by Crippen LogP contribution is 2.26. The van der Waals surface area contributed by atoms with E-state index in [4.69, 9.17) is 10.3 Å². The average Bonchev–Trinajstić information content (AvgIpc) is 2.88. The Kier molecular flexibility index (Phi) is 4.28. The van der Waals surface area contributed by atoms with Gasteiger partial charge in [0.2, 0.25) is 0 Å². The van der Waals surface area contributed by atoms with E-state index in [2.05, 4.69) is 15.0 Å². The van der Waals surface area contributed by atoms with Gasteiger partial charge in [-0.25, -0.2) is 9.47 Å². The molecule has 1 aromatic rings. The van der Waals surface area contributed by atoms with Gasteiger partial charge >= 0.3 is 5.95 Å². The minimum absolute atomic E-state index is 0.0859. The first-order chi connectivity index (χ1) is 11.2. The summed E-state index contributed by atoms with van der Waals surface area (Å²) in [4.78, 5) is 22.9. The molecule has 1 amide bonds. The van der Waals surface area contributed by atoms with Gasteiger partial charge < -0.3 is 14.7 Å². The number of aliphatic hydroxyl groups is 1. The highest BCUT2D eigenvalue weighted by atomic mass is 16.5. The fourth-order valence-corrected chi connectivity index (χ4v) is 2.91.